The van der Waals surface area contributed by atoms with Crippen molar-refractivity contribution in [3.05, 3.63) is 24.2 Å². The number of nitrogens with one attached hydrogen (secondary N) is 2. The minimum Gasteiger partial charge on any atom is -0.469 e. The molecular weight excluding hydrogens is 469 g/mol. The average molecular weight is 505 g/mol. The van der Waals surface area contributed by atoms with Crippen LogP contribution in [0, 0.1) is 0 Å². The Hall–Kier alpha value is -0.800. The van der Waals surface area contributed by atoms with Crippen LogP contribution >= 0.6 is 24.0 Å². The first kappa shape index (κ1) is 23.5. The second-order valence-corrected chi connectivity index (χ2v) is 7.49. The van der Waals surface area contributed by atoms with E-state index in [4.69, 9.17) is 18.9 Å². The van der Waals surface area contributed by atoms with Gasteiger partial charge in [0, 0.05) is 32.7 Å². The van der Waals surface area contributed by atoms with Gasteiger partial charge in [0.2, 0.25) is 0 Å². The first-order chi connectivity index (χ1) is 13.4. The molecule has 2 unspecified atom stereocenters. The Balaban J connectivity index is 0.00000280. The van der Waals surface area contributed by atoms with Gasteiger partial charge in [0.1, 0.15) is 5.76 Å². The molecule has 2 aliphatic rings. The molecule has 0 amide bonds. The maximum absolute atomic E-state index is 5.82. The van der Waals surface area contributed by atoms with Gasteiger partial charge in [0.25, 0.3) is 0 Å². The van der Waals surface area contributed by atoms with Gasteiger partial charge in [-0.1, -0.05) is 0 Å². The molecule has 160 valence electrons. The van der Waals surface area contributed by atoms with E-state index in [0.29, 0.717) is 6.10 Å². The highest BCUT2D eigenvalue weighted by Gasteiger charge is 2.14. The van der Waals surface area contributed by atoms with Crippen LogP contribution in [0.5, 0.6) is 0 Å². The lowest BCUT2D eigenvalue weighted by molar-refractivity contribution is 0.0104. The first-order valence-electron chi connectivity index (χ1n) is 10.7. The number of nitrogens with zero attached hydrogens (tertiary/aromatic N) is 1. The molecule has 2 atom stereocenters. The van der Waals surface area contributed by atoms with Crippen LogP contribution in [0.4, 0.5) is 0 Å². The fourth-order valence-corrected chi connectivity index (χ4v) is 3.65. The van der Waals surface area contributed by atoms with Gasteiger partial charge in [-0.25, -0.2) is 0 Å². The molecule has 0 spiro atoms. The number of rotatable bonds is 9. The average Bonchev–Trinajstić information content (AvgIpc) is 3.24. The standard InChI is InChI=1S/C21H35N3O3.HI/c1-3-14-25-18(7-1)9-5-12-22-21(23-13-11-19-10-6-16-26-19)24-17-20-8-2-4-15-27-20;/h6,10,16,18,20H,1-5,7-9,11-15,17H2,(H2,22,23,24);1H. The summed E-state index contributed by atoms with van der Waals surface area (Å²) in [6.45, 7) is 4.24. The predicted octanol–water partition coefficient (Wildman–Crippen LogP) is 3.89. The molecule has 0 bridgehead atoms. The van der Waals surface area contributed by atoms with Crippen LogP contribution in [0.15, 0.2) is 27.8 Å². The molecule has 2 N–H and O–H groups in total. The topological polar surface area (TPSA) is 68.0 Å². The van der Waals surface area contributed by atoms with E-state index in [1.54, 1.807) is 6.26 Å². The van der Waals surface area contributed by atoms with Gasteiger partial charge in [-0.05, 0) is 63.5 Å². The second kappa shape index (κ2) is 14.2. The number of aliphatic imine (C=N–C) groups is 1. The molecule has 7 heteroatoms. The lowest BCUT2D eigenvalue weighted by Crippen LogP contribution is -2.40. The zero-order valence-corrected chi connectivity index (χ0v) is 19.2. The second-order valence-electron chi connectivity index (χ2n) is 7.49. The van der Waals surface area contributed by atoms with E-state index >= 15 is 0 Å². The Labute approximate surface area is 186 Å². The zero-order chi connectivity index (χ0) is 18.6. The third-order valence-electron chi connectivity index (χ3n) is 5.24. The van der Waals surface area contributed by atoms with Gasteiger partial charge >= 0.3 is 0 Å². The summed E-state index contributed by atoms with van der Waals surface area (Å²) in [5.74, 6) is 1.87. The van der Waals surface area contributed by atoms with Crippen molar-refractivity contribution in [2.45, 2.75) is 70.0 Å². The Morgan fingerprint density at radius 3 is 2.43 bits per heavy atom. The van der Waals surface area contributed by atoms with Crippen molar-refractivity contribution in [2.24, 2.45) is 4.99 Å². The zero-order valence-electron chi connectivity index (χ0n) is 16.9. The summed E-state index contributed by atoms with van der Waals surface area (Å²) < 4.78 is 17.0. The van der Waals surface area contributed by atoms with Gasteiger partial charge in [-0.3, -0.25) is 4.99 Å². The summed E-state index contributed by atoms with van der Waals surface area (Å²) in [6.07, 6.45) is 12.8. The van der Waals surface area contributed by atoms with Crippen LogP contribution < -0.4 is 10.6 Å². The van der Waals surface area contributed by atoms with Gasteiger partial charge in [-0.2, -0.15) is 0 Å². The maximum atomic E-state index is 5.82. The van der Waals surface area contributed by atoms with Crippen LogP contribution in [0.3, 0.4) is 0 Å². The number of furan rings is 1. The smallest absolute Gasteiger partial charge is 0.191 e. The van der Waals surface area contributed by atoms with Crippen molar-refractivity contribution in [3.63, 3.8) is 0 Å². The highest BCUT2D eigenvalue weighted by Crippen LogP contribution is 2.16. The molecule has 1 aromatic rings. The molecule has 3 heterocycles. The monoisotopic (exact) mass is 505 g/mol. The Morgan fingerprint density at radius 1 is 1.00 bits per heavy atom. The molecule has 6 nitrogen and oxygen atoms in total. The maximum Gasteiger partial charge on any atom is 0.191 e. The minimum absolute atomic E-state index is 0. The van der Waals surface area contributed by atoms with Gasteiger partial charge in [0.15, 0.2) is 5.96 Å². The molecule has 28 heavy (non-hydrogen) atoms. The van der Waals surface area contributed by atoms with E-state index in [-0.39, 0.29) is 30.1 Å². The van der Waals surface area contributed by atoms with E-state index in [1.807, 2.05) is 12.1 Å². The molecule has 0 radical (unpaired) electrons. The van der Waals surface area contributed by atoms with E-state index < -0.39 is 0 Å². The molecule has 1 aromatic heterocycles. The molecular formula is C21H36IN3O3. The highest BCUT2D eigenvalue weighted by molar-refractivity contribution is 14.0. The van der Waals surface area contributed by atoms with Crippen LogP contribution in [0.25, 0.3) is 0 Å². The van der Waals surface area contributed by atoms with Crippen LogP contribution in [-0.2, 0) is 15.9 Å². The minimum atomic E-state index is 0. The van der Waals surface area contributed by atoms with Crippen molar-refractivity contribution < 1.29 is 13.9 Å². The molecule has 2 saturated heterocycles. The highest BCUT2D eigenvalue weighted by atomic mass is 127. The van der Waals surface area contributed by atoms with Crippen molar-refractivity contribution in [1.82, 2.24) is 10.6 Å². The van der Waals surface area contributed by atoms with E-state index in [2.05, 4.69) is 10.6 Å². The van der Waals surface area contributed by atoms with Crippen LogP contribution in [-0.4, -0.2) is 51.0 Å². The summed E-state index contributed by atoms with van der Waals surface area (Å²) in [4.78, 5) is 4.76. The lowest BCUT2D eigenvalue weighted by Gasteiger charge is -2.23. The van der Waals surface area contributed by atoms with Crippen molar-refractivity contribution >= 4 is 29.9 Å². The normalized spacial score (nSPS) is 23.1. The summed E-state index contributed by atoms with van der Waals surface area (Å²) in [5, 5.41) is 6.90. The van der Waals surface area contributed by atoms with Crippen molar-refractivity contribution in [2.75, 3.05) is 32.8 Å². The largest absolute Gasteiger partial charge is 0.469 e. The van der Waals surface area contributed by atoms with Crippen LogP contribution in [0.1, 0.15) is 57.1 Å². The van der Waals surface area contributed by atoms with Gasteiger partial charge < -0.3 is 24.5 Å². The summed E-state index contributed by atoms with van der Waals surface area (Å²) in [6, 6.07) is 3.93. The first-order valence-corrected chi connectivity index (χ1v) is 10.7. The number of ether oxygens (including phenoxy) is 2. The predicted molar refractivity (Wildman–Crippen MR) is 123 cm³/mol. The summed E-state index contributed by atoms with van der Waals surface area (Å²) in [5.41, 5.74) is 0. The van der Waals surface area contributed by atoms with Crippen molar-refractivity contribution in [1.29, 1.82) is 0 Å². The van der Waals surface area contributed by atoms with E-state index in [9.17, 15) is 0 Å². The molecule has 0 aromatic carbocycles. The third kappa shape index (κ3) is 9.13. The SMILES string of the molecule is I.c1coc(CCNC(=NCC2CCCCO2)NCCCC2CCCCO2)c1. The van der Waals surface area contributed by atoms with E-state index in [1.165, 1.54) is 32.1 Å². The molecule has 2 fully saturated rings. The summed E-state index contributed by atoms with van der Waals surface area (Å²) >= 11 is 0. The molecule has 3 rings (SSSR count). The molecule has 0 aliphatic carbocycles. The Bertz CT molecular complexity index is 527. The fraction of sp³-hybridized carbons (Fsp3) is 0.762. The molecule has 0 saturated carbocycles. The fourth-order valence-electron chi connectivity index (χ4n) is 3.65. The number of hydrogen-bond donors (Lipinski definition) is 2. The Kier molecular flexibility index (Phi) is 11.9. The van der Waals surface area contributed by atoms with Gasteiger partial charge in [0.05, 0.1) is 25.0 Å². The molecule has 2 aliphatic heterocycles. The number of halogens is 1. The lowest BCUT2D eigenvalue weighted by atomic mass is 10.0. The van der Waals surface area contributed by atoms with Crippen LogP contribution in [0.2, 0.25) is 0 Å². The summed E-state index contributed by atoms with van der Waals surface area (Å²) in [7, 11) is 0. The Morgan fingerprint density at radius 2 is 1.75 bits per heavy atom. The third-order valence-corrected chi connectivity index (χ3v) is 5.24. The van der Waals surface area contributed by atoms with E-state index in [0.717, 1.165) is 70.3 Å². The number of hydrogen-bond acceptors (Lipinski definition) is 4. The number of guanidine groups is 1. The van der Waals surface area contributed by atoms with Gasteiger partial charge in [-0.15, -0.1) is 24.0 Å². The quantitative estimate of drug-likeness (QED) is 0.231. The van der Waals surface area contributed by atoms with Crippen molar-refractivity contribution in [3.8, 4) is 0 Å².